The first kappa shape index (κ1) is 28.0. The molecule has 0 amide bonds. The third kappa shape index (κ3) is 5.30. The zero-order valence-electron chi connectivity index (χ0n) is 21.3. The Morgan fingerprint density at radius 2 is 1.46 bits per heavy atom. The number of aryl methyl sites for hydroxylation is 1. The molecular weight excluding hydrogens is 575 g/mol. The van der Waals surface area contributed by atoms with Gasteiger partial charge in [0, 0.05) is 26.8 Å². The summed E-state index contributed by atoms with van der Waals surface area (Å²) < 4.78 is 34.1. The molecule has 0 aromatic heterocycles. The van der Waals surface area contributed by atoms with Crippen molar-refractivity contribution in [2.24, 2.45) is 0 Å². The smallest absolute Gasteiger partial charge is 0.325 e. The molecule has 2 aliphatic heterocycles. The van der Waals surface area contributed by atoms with Gasteiger partial charge in [0.15, 0.2) is 20.9 Å². The average Bonchev–Trinajstić information content (AvgIpc) is 3.33. The monoisotopic (exact) mass is 600 g/mol. The standard InChI is InChI=1S/C30H26Cl2O5S2/c1-3-37-30(34)29-25(19-6-4-17(2)5-7-19)27-23(16-24(38-27)18-8-12-21(31)13-9-18)28(39(29,35)36)26(33)20-10-14-22(32)15-11-20/h4-15,24-25,28-29H,3,16H2,1-2H3/t24-,25+,28+,29+/m0/s1. The zero-order chi connectivity index (χ0) is 27.9. The lowest BCUT2D eigenvalue weighted by molar-refractivity contribution is -0.142. The molecule has 202 valence electrons. The molecule has 9 heteroatoms. The summed E-state index contributed by atoms with van der Waals surface area (Å²) in [7, 11) is -4.37. The molecule has 3 aromatic rings. The van der Waals surface area contributed by atoms with Crippen LogP contribution in [-0.2, 0) is 19.4 Å². The highest BCUT2D eigenvalue weighted by Gasteiger charge is 2.57. The van der Waals surface area contributed by atoms with E-state index < -0.39 is 38.0 Å². The maximum absolute atomic E-state index is 14.4. The SMILES string of the molecule is CCOC(=O)[C@H]1[C@H](c2ccc(C)cc2)C2=C(C[C@@H](c3ccc(Cl)cc3)S2)[C@H](C(=O)c2ccc(Cl)cc2)S1(=O)=O. The van der Waals surface area contributed by atoms with E-state index in [4.69, 9.17) is 27.9 Å². The zero-order valence-corrected chi connectivity index (χ0v) is 24.4. The number of Topliss-reactive ketones (excluding diaryl/α,β-unsaturated/α-hetero) is 1. The van der Waals surface area contributed by atoms with Crippen molar-refractivity contribution in [3.8, 4) is 0 Å². The summed E-state index contributed by atoms with van der Waals surface area (Å²) in [6.07, 6.45) is 0.350. The van der Waals surface area contributed by atoms with Crippen molar-refractivity contribution in [1.82, 2.24) is 0 Å². The lowest BCUT2D eigenvalue weighted by Crippen LogP contribution is -2.49. The molecule has 0 unspecified atom stereocenters. The van der Waals surface area contributed by atoms with E-state index in [1.165, 1.54) is 23.9 Å². The molecule has 0 spiro atoms. The minimum Gasteiger partial charge on any atom is -0.465 e. The van der Waals surface area contributed by atoms with Gasteiger partial charge in [-0.3, -0.25) is 9.59 Å². The third-order valence-electron chi connectivity index (χ3n) is 7.14. The van der Waals surface area contributed by atoms with Crippen LogP contribution in [0.1, 0.15) is 51.6 Å². The number of hydrogen-bond acceptors (Lipinski definition) is 6. The molecule has 0 N–H and O–H groups in total. The Bertz CT molecular complexity index is 1550. The largest absolute Gasteiger partial charge is 0.465 e. The highest BCUT2D eigenvalue weighted by molar-refractivity contribution is 8.04. The quantitative estimate of drug-likeness (QED) is 0.221. The molecule has 3 aromatic carbocycles. The molecule has 4 atom stereocenters. The van der Waals surface area contributed by atoms with Gasteiger partial charge in [-0.15, -0.1) is 11.8 Å². The number of carbonyl (C=O) groups excluding carboxylic acids is 2. The number of ether oxygens (including phenoxy) is 1. The summed E-state index contributed by atoms with van der Waals surface area (Å²) in [5.74, 6) is -2.21. The van der Waals surface area contributed by atoms with Crippen LogP contribution in [-0.4, -0.2) is 37.3 Å². The second-order valence-corrected chi connectivity index (χ2v) is 13.9. The third-order valence-corrected chi connectivity index (χ3v) is 11.5. The Kier molecular flexibility index (Phi) is 7.98. The predicted octanol–water partition coefficient (Wildman–Crippen LogP) is 7.13. The lowest BCUT2D eigenvalue weighted by atomic mass is 9.87. The molecule has 0 aliphatic carbocycles. The van der Waals surface area contributed by atoms with Crippen LogP contribution in [0.4, 0.5) is 0 Å². The van der Waals surface area contributed by atoms with Gasteiger partial charge in [-0.05, 0) is 78.3 Å². The summed E-state index contributed by atoms with van der Waals surface area (Å²) in [6, 6.07) is 21.0. The average molecular weight is 602 g/mol. The number of esters is 1. The van der Waals surface area contributed by atoms with Crippen LogP contribution < -0.4 is 0 Å². The van der Waals surface area contributed by atoms with E-state index in [-0.39, 0.29) is 17.4 Å². The maximum Gasteiger partial charge on any atom is 0.325 e. The van der Waals surface area contributed by atoms with E-state index in [9.17, 15) is 18.0 Å². The minimum atomic E-state index is -4.37. The van der Waals surface area contributed by atoms with Crippen LogP contribution in [0.15, 0.2) is 83.3 Å². The first-order valence-electron chi connectivity index (χ1n) is 12.5. The second kappa shape index (κ2) is 11.1. The Morgan fingerprint density at radius 3 is 2.05 bits per heavy atom. The molecule has 0 bridgehead atoms. The predicted molar refractivity (Wildman–Crippen MR) is 156 cm³/mol. The van der Waals surface area contributed by atoms with E-state index in [0.29, 0.717) is 27.6 Å². The van der Waals surface area contributed by atoms with E-state index in [1.54, 1.807) is 31.2 Å². The number of hydrogen-bond donors (Lipinski definition) is 0. The number of ketones is 1. The molecule has 5 rings (SSSR count). The number of thioether (sulfide) groups is 1. The first-order valence-corrected chi connectivity index (χ1v) is 15.8. The van der Waals surface area contributed by atoms with Crippen molar-refractivity contribution in [3.63, 3.8) is 0 Å². The highest BCUT2D eigenvalue weighted by atomic mass is 35.5. The van der Waals surface area contributed by atoms with Crippen molar-refractivity contribution in [3.05, 3.63) is 116 Å². The maximum atomic E-state index is 14.4. The van der Waals surface area contributed by atoms with Crippen LogP contribution in [0.5, 0.6) is 0 Å². The van der Waals surface area contributed by atoms with Gasteiger partial charge in [0.25, 0.3) is 0 Å². The van der Waals surface area contributed by atoms with Crippen LogP contribution in [0.25, 0.3) is 0 Å². The fourth-order valence-electron chi connectivity index (χ4n) is 5.28. The fraction of sp³-hybridized carbons (Fsp3) is 0.267. The number of benzene rings is 3. The molecule has 39 heavy (non-hydrogen) atoms. The normalized spacial score (nSPS) is 23.8. The molecule has 0 saturated heterocycles. The summed E-state index contributed by atoms with van der Waals surface area (Å²) in [6.45, 7) is 3.60. The Hall–Kier alpha value is -2.58. The molecule has 0 saturated carbocycles. The van der Waals surface area contributed by atoms with Crippen molar-refractivity contribution in [2.75, 3.05) is 6.61 Å². The summed E-state index contributed by atoms with van der Waals surface area (Å²) in [5, 5.41) is -2.18. The Balaban J connectivity index is 1.71. The molecule has 5 nitrogen and oxygen atoms in total. The Labute approximate surface area is 242 Å². The number of carbonyl (C=O) groups is 2. The van der Waals surface area contributed by atoms with Gasteiger partial charge in [-0.1, -0.05) is 65.2 Å². The van der Waals surface area contributed by atoms with Gasteiger partial charge in [-0.25, -0.2) is 8.42 Å². The van der Waals surface area contributed by atoms with Gasteiger partial charge < -0.3 is 4.74 Å². The van der Waals surface area contributed by atoms with Crippen LogP contribution in [0, 0.1) is 6.92 Å². The Morgan fingerprint density at radius 1 is 0.897 bits per heavy atom. The molecule has 2 aliphatic rings. The topological polar surface area (TPSA) is 77.5 Å². The van der Waals surface area contributed by atoms with E-state index >= 15 is 0 Å². The van der Waals surface area contributed by atoms with Gasteiger partial charge in [0.2, 0.25) is 0 Å². The van der Waals surface area contributed by atoms with Crippen LogP contribution in [0.3, 0.4) is 0 Å². The van der Waals surface area contributed by atoms with Gasteiger partial charge >= 0.3 is 5.97 Å². The molecule has 0 fully saturated rings. The summed E-state index contributed by atoms with van der Waals surface area (Å²) in [4.78, 5) is 28.1. The van der Waals surface area contributed by atoms with Crippen LogP contribution >= 0.6 is 35.0 Å². The first-order chi connectivity index (χ1) is 18.6. The molecule has 2 heterocycles. The second-order valence-electron chi connectivity index (χ2n) is 9.65. The summed E-state index contributed by atoms with van der Waals surface area (Å²) >= 11 is 13.7. The van der Waals surface area contributed by atoms with Gasteiger partial charge in [0.05, 0.1) is 6.61 Å². The van der Waals surface area contributed by atoms with Crippen LogP contribution in [0.2, 0.25) is 10.0 Å². The highest BCUT2D eigenvalue weighted by Crippen LogP contribution is 2.59. The summed E-state index contributed by atoms with van der Waals surface area (Å²) in [5.41, 5.74) is 3.41. The van der Waals surface area contributed by atoms with Crippen molar-refractivity contribution < 1.29 is 22.7 Å². The van der Waals surface area contributed by atoms with E-state index in [2.05, 4.69) is 0 Å². The van der Waals surface area contributed by atoms with E-state index in [0.717, 1.165) is 16.0 Å². The van der Waals surface area contributed by atoms with Gasteiger partial charge in [0.1, 0.15) is 5.25 Å². The number of halogens is 2. The lowest BCUT2D eigenvalue weighted by Gasteiger charge is -2.35. The van der Waals surface area contributed by atoms with Crippen molar-refractivity contribution >= 4 is 56.6 Å². The molecule has 0 radical (unpaired) electrons. The van der Waals surface area contributed by atoms with Crippen molar-refractivity contribution in [1.29, 1.82) is 0 Å². The van der Waals surface area contributed by atoms with E-state index in [1.807, 2.05) is 43.3 Å². The minimum absolute atomic E-state index is 0.0215. The number of sulfone groups is 1. The van der Waals surface area contributed by atoms with Gasteiger partial charge in [-0.2, -0.15) is 0 Å². The van der Waals surface area contributed by atoms with Crippen molar-refractivity contribution in [2.45, 2.75) is 41.9 Å². The fourth-order valence-corrected chi connectivity index (χ4v) is 9.69. The number of allylic oxidation sites excluding steroid dienone is 1. The number of rotatable bonds is 6. The molecular formula is C30H26Cl2O5S2.